The van der Waals surface area contributed by atoms with Gasteiger partial charge in [0.15, 0.2) is 0 Å². The molecule has 0 fully saturated rings. The second kappa shape index (κ2) is 6.43. The monoisotopic (exact) mass is 292 g/mol. The van der Waals surface area contributed by atoms with Crippen molar-refractivity contribution in [2.45, 2.75) is 13.5 Å². The van der Waals surface area contributed by atoms with Gasteiger partial charge < -0.3 is 10.6 Å². The summed E-state index contributed by atoms with van der Waals surface area (Å²) in [5, 5.41) is 10.6. The predicted molar refractivity (Wildman–Crippen MR) is 80.0 cm³/mol. The summed E-state index contributed by atoms with van der Waals surface area (Å²) in [6.45, 7) is 3.15. The molecule has 0 spiro atoms. The van der Waals surface area contributed by atoms with Gasteiger partial charge in [0.1, 0.15) is 0 Å². The zero-order valence-electron chi connectivity index (χ0n) is 11.5. The second-order valence-electron chi connectivity index (χ2n) is 4.43. The van der Waals surface area contributed by atoms with E-state index in [4.69, 9.17) is 11.6 Å². The largest absolute Gasteiger partial charge is 0.385 e. The molecule has 0 saturated carbocycles. The van der Waals surface area contributed by atoms with Crippen LogP contribution in [0.1, 0.15) is 22.8 Å². The predicted octanol–water partition coefficient (Wildman–Crippen LogP) is 2.44. The summed E-state index contributed by atoms with van der Waals surface area (Å²) >= 11 is 5.96. The number of benzene rings is 1. The zero-order chi connectivity index (χ0) is 14.5. The first-order valence-corrected chi connectivity index (χ1v) is 6.77. The first-order chi connectivity index (χ1) is 9.60. The third kappa shape index (κ3) is 3.51. The van der Waals surface area contributed by atoms with E-state index in [0.29, 0.717) is 17.1 Å². The van der Waals surface area contributed by atoms with Gasteiger partial charge in [-0.2, -0.15) is 5.10 Å². The quantitative estimate of drug-likeness (QED) is 0.890. The molecular weight excluding hydrogens is 276 g/mol. The van der Waals surface area contributed by atoms with Crippen molar-refractivity contribution in [2.24, 2.45) is 7.05 Å². The molecule has 5 nitrogen and oxygen atoms in total. The first-order valence-electron chi connectivity index (χ1n) is 6.39. The minimum atomic E-state index is -0.160. The molecule has 1 amide bonds. The highest BCUT2D eigenvalue weighted by Crippen LogP contribution is 2.20. The van der Waals surface area contributed by atoms with Crippen LogP contribution in [0.5, 0.6) is 0 Å². The maximum Gasteiger partial charge on any atom is 0.253 e. The number of amides is 1. The lowest BCUT2D eigenvalue weighted by atomic mass is 10.1. The topological polar surface area (TPSA) is 59.0 Å². The van der Waals surface area contributed by atoms with Crippen LogP contribution in [0.25, 0.3) is 0 Å². The number of aryl methyl sites for hydroxylation is 1. The summed E-state index contributed by atoms with van der Waals surface area (Å²) in [7, 11) is 1.84. The van der Waals surface area contributed by atoms with E-state index in [-0.39, 0.29) is 5.91 Å². The Morgan fingerprint density at radius 3 is 2.90 bits per heavy atom. The van der Waals surface area contributed by atoms with Crippen LogP contribution in [0.15, 0.2) is 30.6 Å². The zero-order valence-corrected chi connectivity index (χ0v) is 12.2. The van der Waals surface area contributed by atoms with E-state index < -0.39 is 0 Å². The van der Waals surface area contributed by atoms with Gasteiger partial charge in [-0.05, 0) is 25.1 Å². The fourth-order valence-electron chi connectivity index (χ4n) is 1.89. The summed E-state index contributed by atoms with van der Waals surface area (Å²) in [4.78, 5) is 12.2. The molecule has 20 heavy (non-hydrogen) atoms. The lowest BCUT2D eigenvalue weighted by Crippen LogP contribution is -2.23. The molecule has 0 aliphatic rings. The average Bonchev–Trinajstić information content (AvgIpc) is 2.84. The molecule has 0 aliphatic heterocycles. The Kier molecular flexibility index (Phi) is 4.63. The fraction of sp³-hybridized carbons (Fsp3) is 0.286. The molecule has 0 bridgehead atoms. The van der Waals surface area contributed by atoms with Crippen molar-refractivity contribution >= 4 is 23.2 Å². The Labute approximate surface area is 122 Å². The van der Waals surface area contributed by atoms with Gasteiger partial charge in [0.25, 0.3) is 5.91 Å². The van der Waals surface area contributed by atoms with E-state index in [0.717, 1.165) is 17.8 Å². The van der Waals surface area contributed by atoms with Crippen LogP contribution in [0.4, 0.5) is 5.69 Å². The minimum absolute atomic E-state index is 0.160. The summed E-state index contributed by atoms with van der Waals surface area (Å²) in [6.07, 6.45) is 3.59. The van der Waals surface area contributed by atoms with Crippen LogP contribution in [0.2, 0.25) is 5.02 Å². The van der Waals surface area contributed by atoms with E-state index in [1.165, 1.54) is 0 Å². The van der Waals surface area contributed by atoms with Crippen LogP contribution >= 0.6 is 11.6 Å². The van der Waals surface area contributed by atoms with Gasteiger partial charge in [0.05, 0.1) is 11.8 Å². The number of carbonyl (C=O) groups excluding carboxylic acids is 1. The van der Waals surface area contributed by atoms with Crippen molar-refractivity contribution in [3.63, 3.8) is 0 Å². The number of anilines is 1. The van der Waals surface area contributed by atoms with Crippen LogP contribution in [0, 0.1) is 0 Å². The van der Waals surface area contributed by atoms with Gasteiger partial charge in [0, 0.05) is 42.6 Å². The molecule has 1 heterocycles. The van der Waals surface area contributed by atoms with Gasteiger partial charge in [-0.3, -0.25) is 9.48 Å². The summed E-state index contributed by atoms with van der Waals surface area (Å²) in [5.74, 6) is -0.160. The summed E-state index contributed by atoms with van der Waals surface area (Å²) < 4.78 is 1.70. The Hall–Kier alpha value is -2.01. The highest BCUT2D eigenvalue weighted by molar-refractivity contribution is 6.31. The fourth-order valence-corrected chi connectivity index (χ4v) is 2.06. The van der Waals surface area contributed by atoms with E-state index in [9.17, 15) is 4.79 Å². The summed E-state index contributed by atoms with van der Waals surface area (Å²) in [5.41, 5.74) is 2.27. The number of carbonyl (C=O) groups is 1. The Bertz CT molecular complexity index is 609. The van der Waals surface area contributed by atoms with Crippen molar-refractivity contribution in [1.29, 1.82) is 0 Å². The average molecular weight is 293 g/mol. The van der Waals surface area contributed by atoms with Crippen LogP contribution < -0.4 is 10.6 Å². The molecule has 2 aromatic rings. The molecule has 0 unspecified atom stereocenters. The molecule has 1 aromatic heterocycles. The number of aromatic nitrogens is 2. The Morgan fingerprint density at radius 2 is 2.25 bits per heavy atom. The lowest BCUT2D eigenvalue weighted by molar-refractivity contribution is 0.0951. The molecule has 2 N–H and O–H groups in total. The van der Waals surface area contributed by atoms with E-state index in [2.05, 4.69) is 15.7 Å². The highest BCUT2D eigenvalue weighted by atomic mass is 35.5. The SMILES string of the molecule is CCNc1ccc(Cl)cc1C(=O)NCc1cnn(C)c1. The van der Waals surface area contributed by atoms with Gasteiger partial charge in [-0.25, -0.2) is 0 Å². The molecule has 0 atom stereocenters. The third-order valence-corrected chi connectivity index (χ3v) is 3.04. The third-order valence-electron chi connectivity index (χ3n) is 2.80. The molecule has 106 valence electrons. The number of hydrogen-bond acceptors (Lipinski definition) is 3. The second-order valence-corrected chi connectivity index (χ2v) is 4.86. The molecule has 6 heteroatoms. The minimum Gasteiger partial charge on any atom is -0.385 e. The van der Waals surface area contributed by atoms with Crippen molar-refractivity contribution in [1.82, 2.24) is 15.1 Å². The first kappa shape index (κ1) is 14.4. The van der Waals surface area contributed by atoms with E-state index in [1.54, 1.807) is 23.0 Å². The van der Waals surface area contributed by atoms with Crippen molar-refractivity contribution < 1.29 is 4.79 Å². The van der Waals surface area contributed by atoms with E-state index in [1.807, 2.05) is 26.2 Å². The number of nitrogens with zero attached hydrogens (tertiary/aromatic N) is 2. The number of rotatable bonds is 5. The molecule has 1 aromatic carbocycles. The van der Waals surface area contributed by atoms with Gasteiger partial charge in [0.2, 0.25) is 0 Å². The molecule has 0 radical (unpaired) electrons. The highest BCUT2D eigenvalue weighted by Gasteiger charge is 2.11. The molecule has 0 saturated heterocycles. The normalized spacial score (nSPS) is 10.3. The van der Waals surface area contributed by atoms with Gasteiger partial charge in [-0.1, -0.05) is 11.6 Å². The number of hydrogen-bond donors (Lipinski definition) is 2. The molecular formula is C14H17ClN4O. The maximum atomic E-state index is 12.2. The number of nitrogens with one attached hydrogen (secondary N) is 2. The smallest absolute Gasteiger partial charge is 0.253 e. The van der Waals surface area contributed by atoms with Crippen molar-refractivity contribution in [2.75, 3.05) is 11.9 Å². The Balaban J connectivity index is 2.09. The number of halogens is 1. The van der Waals surface area contributed by atoms with Crippen LogP contribution in [-0.4, -0.2) is 22.2 Å². The Morgan fingerprint density at radius 1 is 1.45 bits per heavy atom. The molecule has 0 aliphatic carbocycles. The van der Waals surface area contributed by atoms with Gasteiger partial charge in [-0.15, -0.1) is 0 Å². The van der Waals surface area contributed by atoms with Crippen molar-refractivity contribution in [3.8, 4) is 0 Å². The van der Waals surface area contributed by atoms with Crippen LogP contribution in [0.3, 0.4) is 0 Å². The van der Waals surface area contributed by atoms with Gasteiger partial charge >= 0.3 is 0 Å². The van der Waals surface area contributed by atoms with Crippen LogP contribution in [-0.2, 0) is 13.6 Å². The molecule has 2 rings (SSSR count). The standard InChI is InChI=1S/C14H17ClN4O/c1-3-16-13-5-4-11(15)6-12(13)14(20)17-7-10-8-18-19(2)9-10/h4-6,8-9,16H,3,7H2,1-2H3,(H,17,20). The van der Waals surface area contributed by atoms with E-state index >= 15 is 0 Å². The lowest BCUT2D eigenvalue weighted by Gasteiger charge is -2.11. The maximum absolute atomic E-state index is 12.2. The van der Waals surface area contributed by atoms with Crippen molar-refractivity contribution in [3.05, 3.63) is 46.7 Å². The summed E-state index contributed by atoms with van der Waals surface area (Å²) in [6, 6.07) is 5.24.